The highest BCUT2D eigenvalue weighted by molar-refractivity contribution is 7.10. The second-order valence-electron chi connectivity index (χ2n) is 8.15. The Bertz CT molecular complexity index is 907. The fourth-order valence-corrected chi connectivity index (χ4v) is 5.83. The Morgan fingerprint density at radius 2 is 2.17 bits per heavy atom. The highest BCUT2D eigenvalue weighted by Crippen LogP contribution is 2.59. The van der Waals surface area contributed by atoms with E-state index in [1.54, 1.807) is 18.2 Å². The summed E-state index contributed by atoms with van der Waals surface area (Å²) in [5.74, 6) is 1.11. The van der Waals surface area contributed by atoms with Crippen molar-refractivity contribution in [2.24, 2.45) is 11.3 Å². The molecule has 3 saturated carbocycles. The molecule has 1 aromatic heterocycles. The predicted octanol–water partition coefficient (Wildman–Crippen LogP) is 4.50. The van der Waals surface area contributed by atoms with Crippen LogP contribution in [0, 0.1) is 11.3 Å². The third kappa shape index (κ3) is 3.42. The summed E-state index contributed by atoms with van der Waals surface area (Å²) >= 11 is 1.42. The zero-order valence-electron chi connectivity index (χ0n) is 15.9. The van der Waals surface area contributed by atoms with Crippen LogP contribution in [0.3, 0.4) is 0 Å². The van der Waals surface area contributed by atoms with Crippen molar-refractivity contribution in [1.82, 2.24) is 9.88 Å². The maximum atomic E-state index is 13.1. The number of rotatable bonds is 5. The van der Waals surface area contributed by atoms with Crippen LogP contribution in [-0.4, -0.2) is 42.1 Å². The Morgan fingerprint density at radius 1 is 1.34 bits per heavy atom. The lowest BCUT2D eigenvalue weighted by atomic mass is 9.68. The summed E-state index contributed by atoms with van der Waals surface area (Å²) in [6, 6.07) is 6.62. The van der Waals surface area contributed by atoms with E-state index in [0.29, 0.717) is 31.0 Å². The van der Waals surface area contributed by atoms with Crippen molar-refractivity contribution in [1.29, 1.82) is 0 Å². The van der Waals surface area contributed by atoms with Gasteiger partial charge in [0, 0.05) is 22.9 Å². The van der Waals surface area contributed by atoms with Crippen molar-refractivity contribution < 1.29 is 23.0 Å². The molecular formula is C21H22F2N2O3S. The number of hydrogen-bond donors (Lipinski definition) is 0. The Hall–Kier alpha value is -2.06. The molecule has 1 aromatic carbocycles. The van der Waals surface area contributed by atoms with Crippen LogP contribution in [0.2, 0.25) is 0 Å². The van der Waals surface area contributed by atoms with Crippen molar-refractivity contribution in [3.8, 4) is 17.0 Å². The van der Waals surface area contributed by atoms with E-state index in [2.05, 4.69) is 9.72 Å². The summed E-state index contributed by atoms with van der Waals surface area (Å²) in [5.41, 5.74) is 0.973. The van der Waals surface area contributed by atoms with Gasteiger partial charge in [-0.3, -0.25) is 4.79 Å². The average molecular weight is 420 g/mol. The molecule has 154 valence electrons. The minimum atomic E-state index is -2.89. The number of alkyl halides is 2. The number of amides is 1. The molecule has 1 aliphatic heterocycles. The molecule has 2 heterocycles. The lowest BCUT2D eigenvalue weighted by Crippen LogP contribution is -2.51. The van der Waals surface area contributed by atoms with E-state index in [9.17, 15) is 13.6 Å². The number of benzene rings is 1. The molecule has 0 radical (unpaired) electrons. The van der Waals surface area contributed by atoms with Crippen LogP contribution in [-0.2, 0) is 9.53 Å². The second kappa shape index (κ2) is 7.32. The number of carbonyl (C=O) groups is 1. The third-order valence-electron chi connectivity index (χ3n) is 6.37. The smallest absolute Gasteiger partial charge is 0.387 e. The number of halogens is 2. The zero-order valence-corrected chi connectivity index (χ0v) is 16.7. The molecule has 2 bridgehead atoms. The van der Waals surface area contributed by atoms with E-state index in [1.807, 2.05) is 10.3 Å². The molecule has 5 nitrogen and oxygen atoms in total. The Kier molecular flexibility index (Phi) is 4.78. The maximum Gasteiger partial charge on any atom is 0.387 e. The van der Waals surface area contributed by atoms with Gasteiger partial charge in [-0.15, -0.1) is 11.3 Å². The number of hydrogen-bond acceptors (Lipinski definition) is 5. The van der Waals surface area contributed by atoms with Gasteiger partial charge in [0.15, 0.2) is 0 Å². The van der Waals surface area contributed by atoms with Crippen LogP contribution in [0.5, 0.6) is 5.75 Å². The Labute approximate surface area is 171 Å². The molecule has 1 unspecified atom stereocenters. The van der Waals surface area contributed by atoms with Crippen molar-refractivity contribution in [2.75, 3.05) is 19.7 Å². The average Bonchev–Trinajstić information content (AvgIpc) is 3.43. The maximum absolute atomic E-state index is 13.1. The predicted molar refractivity (Wildman–Crippen MR) is 104 cm³/mol. The molecule has 1 saturated heterocycles. The summed E-state index contributed by atoms with van der Waals surface area (Å²) in [4.78, 5) is 19.6. The van der Waals surface area contributed by atoms with Gasteiger partial charge in [0.2, 0.25) is 5.91 Å². The molecule has 6 rings (SSSR count). The van der Waals surface area contributed by atoms with Crippen molar-refractivity contribution in [2.45, 2.75) is 38.4 Å². The SMILES string of the molecule is O=C(N1CCOC(c2nc(-c3ccccc3OC(F)F)cs2)C1)C12CCC(C1)C2. The van der Waals surface area contributed by atoms with E-state index < -0.39 is 6.61 Å². The molecular weight excluding hydrogens is 398 g/mol. The fourth-order valence-electron chi connectivity index (χ4n) is 4.97. The van der Waals surface area contributed by atoms with Gasteiger partial charge in [-0.2, -0.15) is 8.78 Å². The number of ether oxygens (including phenoxy) is 2. The summed E-state index contributed by atoms with van der Waals surface area (Å²) < 4.78 is 35.9. The topological polar surface area (TPSA) is 51.7 Å². The number of para-hydroxylation sites is 1. The van der Waals surface area contributed by atoms with Crippen LogP contribution in [0.15, 0.2) is 29.6 Å². The standard InChI is InChI=1S/C21H22F2N2O3S/c22-20(23)28-16-4-2-1-3-14(16)15-12-29-18(24-15)17-11-25(7-8-27-17)19(26)21-6-5-13(9-21)10-21/h1-4,12-13,17,20H,5-11H2. The van der Waals surface area contributed by atoms with Crippen molar-refractivity contribution in [3.63, 3.8) is 0 Å². The van der Waals surface area contributed by atoms with Crippen LogP contribution >= 0.6 is 11.3 Å². The first-order chi connectivity index (χ1) is 14.0. The van der Waals surface area contributed by atoms with Gasteiger partial charge in [0.1, 0.15) is 16.9 Å². The lowest BCUT2D eigenvalue weighted by molar-refractivity contribution is -0.154. The quantitative estimate of drug-likeness (QED) is 0.715. The molecule has 3 aliphatic carbocycles. The van der Waals surface area contributed by atoms with E-state index in [0.717, 1.165) is 30.2 Å². The minimum Gasteiger partial charge on any atom is -0.434 e. The van der Waals surface area contributed by atoms with Gasteiger partial charge < -0.3 is 14.4 Å². The summed E-state index contributed by atoms with van der Waals surface area (Å²) in [5, 5.41) is 2.57. The molecule has 29 heavy (non-hydrogen) atoms. The van der Waals surface area contributed by atoms with E-state index in [4.69, 9.17) is 4.74 Å². The normalized spacial score (nSPS) is 28.4. The highest BCUT2D eigenvalue weighted by atomic mass is 32.1. The lowest BCUT2D eigenvalue weighted by Gasteiger charge is -2.43. The molecule has 4 fully saturated rings. The van der Waals surface area contributed by atoms with Crippen LogP contribution in [0.25, 0.3) is 11.3 Å². The Balaban J connectivity index is 1.32. The monoisotopic (exact) mass is 420 g/mol. The number of fused-ring (bicyclic) bond motifs is 1. The van der Waals surface area contributed by atoms with Crippen molar-refractivity contribution in [3.05, 3.63) is 34.7 Å². The minimum absolute atomic E-state index is 0.0978. The van der Waals surface area contributed by atoms with Gasteiger partial charge in [0.05, 0.1) is 18.8 Å². The number of aromatic nitrogens is 1. The zero-order chi connectivity index (χ0) is 20.0. The van der Waals surface area contributed by atoms with Gasteiger partial charge in [-0.1, -0.05) is 12.1 Å². The number of thiazole rings is 1. The summed E-state index contributed by atoms with van der Waals surface area (Å²) in [7, 11) is 0. The van der Waals surface area contributed by atoms with Gasteiger partial charge in [0.25, 0.3) is 0 Å². The van der Waals surface area contributed by atoms with E-state index in [1.165, 1.54) is 23.8 Å². The largest absolute Gasteiger partial charge is 0.434 e. The fraction of sp³-hybridized carbons (Fsp3) is 0.524. The second-order valence-corrected chi connectivity index (χ2v) is 9.04. The summed E-state index contributed by atoms with van der Waals surface area (Å²) in [6.45, 7) is -1.30. The van der Waals surface area contributed by atoms with Crippen molar-refractivity contribution >= 4 is 17.2 Å². The van der Waals surface area contributed by atoms with Crippen LogP contribution < -0.4 is 4.74 Å². The van der Waals surface area contributed by atoms with Gasteiger partial charge >= 0.3 is 6.61 Å². The molecule has 1 atom stereocenters. The van der Waals surface area contributed by atoms with E-state index >= 15 is 0 Å². The summed E-state index contributed by atoms with van der Waals surface area (Å²) in [6.07, 6.45) is 3.98. The number of morpholine rings is 1. The third-order valence-corrected chi connectivity index (χ3v) is 7.31. The Morgan fingerprint density at radius 3 is 2.93 bits per heavy atom. The highest BCUT2D eigenvalue weighted by Gasteiger charge is 2.56. The van der Waals surface area contributed by atoms with E-state index in [-0.39, 0.29) is 23.2 Å². The van der Waals surface area contributed by atoms with Crippen LogP contribution in [0.1, 0.15) is 36.8 Å². The number of carbonyl (C=O) groups excluding carboxylic acids is 1. The first-order valence-corrected chi connectivity index (χ1v) is 10.8. The molecule has 0 spiro atoms. The first-order valence-electron chi connectivity index (χ1n) is 9.95. The van der Waals surface area contributed by atoms with Crippen LogP contribution in [0.4, 0.5) is 8.78 Å². The molecule has 2 aromatic rings. The molecule has 4 aliphatic rings. The first kappa shape index (κ1) is 18.9. The van der Waals surface area contributed by atoms with Gasteiger partial charge in [-0.25, -0.2) is 4.98 Å². The van der Waals surface area contributed by atoms with Gasteiger partial charge in [-0.05, 0) is 43.7 Å². The number of nitrogens with zero attached hydrogens (tertiary/aromatic N) is 2. The molecule has 8 heteroatoms. The molecule has 1 amide bonds. The molecule has 0 N–H and O–H groups in total.